The number of ether oxygens (including phenoxy) is 1. The topological polar surface area (TPSA) is 163 Å². The van der Waals surface area contributed by atoms with Crippen LogP contribution in [0.1, 0.15) is 27.0 Å². The van der Waals surface area contributed by atoms with Gasteiger partial charge >= 0.3 is 0 Å². The number of amidine groups is 1. The van der Waals surface area contributed by atoms with Crippen molar-refractivity contribution in [3.63, 3.8) is 0 Å². The minimum Gasteiger partial charge on any atom is -0.483 e. The molecule has 0 aliphatic rings. The molecule has 0 spiro atoms. The number of likely N-dealkylation sites (N-methyl/N-ethyl adjacent to an activating group) is 1. The van der Waals surface area contributed by atoms with Crippen LogP contribution in [0.2, 0.25) is 0 Å². The van der Waals surface area contributed by atoms with Crippen LogP contribution in [-0.4, -0.2) is 39.7 Å². The van der Waals surface area contributed by atoms with Crippen LogP contribution < -0.4 is 25.8 Å². The van der Waals surface area contributed by atoms with Crippen LogP contribution in [0.15, 0.2) is 71.6 Å². The number of rotatable bonds is 10. The molecular weight excluding hydrogens is 518 g/mol. The van der Waals surface area contributed by atoms with Gasteiger partial charge in [-0.15, -0.1) is 12.4 Å². The van der Waals surface area contributed by atoms with E-state index in [1.807, 2.05) is 0 Å². The fraction of sp³-hybridized carbons (Fsp3) is 0.160. The SMILES string of the molecule is CNC(=O)COc1cc(C(=N)N)ccc1CNC(=O)c1cc(C)ccc1NS(=O)(=O)c1ccccc1.Cl. The molecule has 2 amide bonds. The first-order chi connectivity index (χ1) is 17.1. The Labute approximate surface area is 221 Å². The maximum atomic E-state index is 13.1. The number of amides is 2. The van der Waals surface area contributed by atoms with Gasteiger partial charge in [0, 0.05) is 24.7 Å². The van der Waals surface area contributed by atoms with Gasteiger partial charge in [-0.25, -0.2) is 8.42 Å². The van der Waals surface area contributed by atoms with E-state index in [-0.39, 0.29) is 59.2 Å². The molecule has 0 fully saturated rings. The first-order valence-corrected chi connectivity index (χ1v) is 12.4. The van der Waals surface area contributed by atoms with Gasteiger partial charge in [0.1, 0.15) is 11.6 Å². The number of carbonyl (C=O) groups excluding carboxylic acids is 2. The van der Waals surface area contributed by atoms with Crippen LogP contribution in [0.3, 0.4) is 0 Å². The monoisotopic (exact) mass is 545 g/mol. The zero-order chi connectivity index (χ0) is 26.3. The summed E-state index contributed by atoms with van der Waals surface area (Å²) in [6.45, 7) is 1.54. The zero-order valence-corrected chi connectivity index (χ0v) is 21.8. The Morgan fingerprint density at radius 2 is 1.73 bits per heavy atom. The molecule has 196 valence electrons. The van der Waals surface area contributed by atoms with Crippen molar-refractivity contribution in [2.24, 2.45) is 5.73 Å². The van der Waals surface area contributed by atoms with Crippen molar-refractivity contribution in [1.82, 2.24) is 10.6 Å². The zero-order valence-electron chi connectivity index (χ0n) is 20.2. The summed E-state index contributed by atoms with van der Waals surface area (Å²) in [7, 11) is -2.43. The van der Waals surface area contributed by atoms with E-state index in [2.05, 4.69) is 15.4 Å². The Bertz CT molecular complexity index is 1400. The highest BCUT2D eigenvalue weighted by atomic mass is 35.5. The van der Waals surface area contributed by atoms with Crippen molar-refractivity contribution in [3.05, 3.63) is 89.0 Å². The molecule has 0 radical (unpaired) electrons. The smallest absolute Gasteiger partial charge is 0.261 e. The summed E-state index contributed by atoms with van der Waals surface area (Å²) in [6, 6.07) is 17.4. The van der Waals surface area contributed by atoms with Gasteiger partial charge in [-0.1, -0.05) is 42.0 Å². The molecule has 0 bridgehead atoms. The van der Waals surface area contributed by atoms with Gasteiger partial charge in [-0.3, -0.25) is 19.7 Å². The molecule has 3 aromatic carbocycles. The summed E-state index contributed by atoms with van der Waals surface area (Å²) in [6.07, 6.45) is 0. The number of halogens is 1. The van der Waals surface area contributed by atoms with Crippen molar-refractivity contribution < 1.29 is 22.7 Å². The third-order valence-corrected chi connectivity index (χ3v) is 6.55. The quantitative estimate of drug-likeness (QED) is 0.194. The number of hydrogen-bond donors (Lipinski definition) is 5. The highest BCUT2D eigenvalue weighted by molar-refractivity contribution is 7.92. The van der Waals surface area contributed by atoms with Crippen molar-refractivity contribution in [2.45, 2.75) is 18.4 Å². The first-order valence-electron chi connectivity index (χ1n) is 10.9. The van der Waals surface area contributed by atoms with Crippen molar-refractivity contribution in [1.29, 1.82) is 5.41 Å². The Kier molecular flexibility index (Phi) is 10.0. The highest BCUT2D eigenvalue weighted by Crippen LogP contribution is 2.24. The summed E-state index contributed by atoms with van der Waals surface area (Å²) in [5.74, 6) is -0.767. The van der Waals surface area contributed by atoms with Crippen LogP contribution in [0, 0.1) is 12.3 Å². The summed E-state index contributed by atoms with van der Waals surface area (Å²) < 4.78 is 33.7. The van der Waals surface area contributed by atoms with Gasteiger partial charge < -0.3 is 21.1 Å². The Morgan fingerprint density at radius 1 is 1.03 bits per heavy atom. The number of sulfonamides is 1. The second kappa shape index (κ2) is 12.7. The van der Waals surface area contributed by atoms with Crippen LogP contribution in [0.4, 0.5) is 5.69 Å². The van der Waals surface area contributed by atoms with E-state index in [4.69, 9.17) is 15.9 Å². The minimum atomic E-state index is -3.91. The van der Waals surface area contributed by atoms with Crippen molar-refractivity contribution in [2.75, 3.05) is 18.4 Å². The van der Waals surface area contributed by atoms with Crippen LogP contribution in [-0.2, 0) is 21.4 Å². The average molecular weight is 546 g/mol. The molecule has 0 aliphatic carbocycles. The maximum Gasteiger partial charge on any atom is 0.261 e. The molecule has 0 heterocycles. The van der Waals surface area contributed by atoms with Crippen LogP contribution in [0.5, 0.6) is 5.75 Å². The minimum absolute atomic E-state index is 0. The number of aryl methyl sites for hydroxylation is 1. The van der Waals surface area contributed by atoms with Gasteiger partial charge in [0.2, 0.25) is 0 Å². The number of benzene rings is 3. The predicted molar refractivity (Wildman–Crippen MR) is 144 cm³/mol. The molecule has 0 aromatic heterocycles. The largest absolute Gasteiger partial charge is 0.483 e. The highest BCUT2D eigenvalue weighted by Gasteiger charge is 2.19. The molecule has 10 nitrogen and oxygen atoms in total. The Hall–Kier alpha value is -4.09. The number of nitrogens with two attached hydrogens (primary N) is 1. The molecular formula is C25H28ClN5O5S. The molecule has 0 saturated carbocycles. The third-order valence-electron chi connectivity index (χ3n) is 5.17. The van der Waals surface area contributed by atoms with E-state index >= 15 is 0 Å². The van der Waals surface area contributed by atoms with Gasteiger partial charge in [0.05, 0.1) is 16.1 Å². The molecule has 0 aliphatic heterocycles. The van der Waals surface area contributed by atoms with E-state index in [1.165, 1.54) is 31.3 Å². The van der Waals surface area contributed by atoms with E-state index in [0.29, 0.717) is 11.1 Å². The molecule has 0 atom stereocenters. The molecule has 0 unspecified atom stereocenters. The van der Waals surface area contributed by atoms with Gasteiger partial charge in [-0.2, -0.15) is 0 Å². The lowest BCUT2D eigenvalue weighted by molar-refractivity contribution is -0.122. The lowest BCUT2D eigenvalue weighted by Gasteiger charge is -2.16. The Morgan fingerprint density at radius 3 is 2.38 bits per heavy atom. The number of nitrogen functional groups attached to an aromatic ring is 1. The van der Waals surface area contributed by atoms with E-state index in [1.54, 1.807) is 49.4 Å². The van der Waals surface area contributed by atoms with Gasteiger partial charge in [-0.05, 0) is 37.3 Å². The molecule has 3 aromatic rings. The standard InChI is InChI=1S/C25H27N5O5S.ClH/c1-16-8-11-21(30-36(33,34)19-6-4-3-5-7-19)20(12-16)25(32)29-14-18-10-9-17(24(26)27)13-22(18)35-15-23(31)28-2;/h3-13,30H,14-15H2,1-2H3,(H3,26,27)(H,28,31)(H,29,32);1H. The average Bonchev–Trinajstić information content (AvgIpc) is 2.87. The molecule has 3 rings (SSSR count). The molecule has 6 N–H and O–H groups in total. The first kappa shape index (κ1) is 29.1. The summed E-state index contributed by atoms with van der Waals surface area (Å²) in [5, 5.41) is 12.8. The van der Waals surface area contributed by atoms with Crippen LogP contribution in [0.25, 0.3) is 0 Å². The lowest BCUT2D eigenvalue weighted by Crippen LogP contribution is -2.27. The number of hydrogen-bond acceptors (Lipinski definition) is 6. The normalized spacial score (nSPS) is 10.5. The van der Waals surface area contributed by atoms with Crippen molar-refractivity contribution in [3.8, 4) is 5.75 Å². The van der Waals surface area contributed by atoms with E-state index in [0.717, 1.165) is 5.56 Å². The predicted octanol–water partition coefficient (Wildman–Crippen LogP) is 2.56. The molecule has 37 heavy (non-hydrogen) atoms. The number of nitrogens with one attached hydrogen (secondary N) is 4. The fourth-order valence-corrected chi connectivity index (χ4v) is 4.33. The van der Waals surface area contributed by atoms with Gasteiger partial charge in [0.25, 0.3) is 21.8 Å². The van der Waals surface area contributed by atoms with Crippen molar-refractivity contribution >= 4 is 45.8 Å². The summed E-state index contributed by atoms with van der Waals surface area (Å²) in [5.41, 5.74) is 7.53. The second-order valence-electron chi connectivity index (χ2n) is 7.85. The van der Waals surface area contributed by atoms with Crippen LogP contribution >= 0.6 is 12.4 Å². The Balaban J connectivity index is 0.00000481. The summed E-state index contributed by atoms with van der Waals surface area (Å²) >= 11 is 0. The molecule has 0 saturated heterocycles. The second-order valence-corrected chi connectivity index (χ2v) is 9.53. The van der Waals surface area contributed by atoms with E-state index < -0.39 is 15.9 Å². The number of anilines is 1. The summed E-state index contributed by atoms with van der Waals surface area (Å²) in [4.78, 5) is 24.8. The fourth-order valence-electron chi connectivity index (χ4n) is 3.23. The number of carbonyl (C=O) groups is 2. The lowest BCUT2D eigenvalue weighted by atomic mass is 10.1. The molecule has 12 heteroatoms. The third kappa shape index (κ3) is 7.69. The van der Waals surface area contributed by atoms with Gasteiger partial charge in [0.15, 0.2) is 6.61 Å². The maximum absolute atomic E-state index is 13.1. The van der Waals surface area contributed by atoms with E-state index in [9.17, 15) is 18.0 Å².